The molecular formula is C14H23BrOS. The van der Waals surface area contributed by atoms with Crippen LogP contribution in [-0.4, -0.2) is 5.11 Å². The van der Waals surface area contributed by atoms with Crippen molar-refractivity contribution < 1.29 is 5.11 Å². The van der Waals surface area contributed by atoms with E-state index in [1.54, 1.807) is 0 Å². The number of rotatable bonds is 1. The summed E-state index contributed by atoms with van der Waals surface area (Å²) in [6.45, 7) is 10.7. The van der Waals surface area contributed by atoms with Crippen molar-refractivity contribution in [2.45, 2.75) is 56.7 Å². The summed E-state index contributed by atoms with van der Waals surface area (Å²) >= 11 is 7.60. The molecule has 1 aromatic carbocycles. The average Bonchev–Trinajstić information content (AvgIpc) is 2.21. The Labute approximate surface area is 119 Å². The van der Waals surface area contributed by atoms with Gasteiger partial charge in [-0.2, -0.15) is 0 Å². The highest BCUT2D eigenvalue weighted by Crippen LogP contribution is 2.33. The van der Waals surface area contributed by atoms with Crippen molar-refractivity contribution in [1.29, 1.82) is 0 Å². The van der Waals surface area contributed by atoms with Crippen LogP contribution in [0.5, 0.6) is 5.75 Å². The number of hydrogen-bond acceptors (Lipinski definition) is 2. The maximum Gasteiger partial charge on any atom is 0.132 e. The number of halogens is 1. The zero-order valence-electron chi connectivity index (χ0n) is 11.3. The summed E-state index contributed by atoms with van der Waals surface area (Å²) in [5.74, 6) is 0.276. The Kier molecular flexibility index (Phi) is 7.26. The van der Waals surface area contributed by atoms with E-state index in [1.165, 1.54) is 12.0 Å². The maximum atomic E-state index is 9.68. The maximum absolute atomic E-state index is 9.68. The lowest BCUT2D eigenvalue weighted by Gasteiger charge is -2.21. The molecule has 0 aliphatic carbocycles. The predicted octanol–water partition coefficient (Wildman–Crippen LogP) is 5.29. The lowest BCUT2D eigenvalue weighted by atomic mass is 9.86. The Balaban J connectivity index is 0.000000770. The molecular weight excluding hydrogens is 296 g/mol. The van der Waals surface area contributed by atoms with Crippen LogP contribution in [0.4, 0.5) is 0 Å². The molecule has 0 radical (unpaired) electrons. The number of aromatic hydroxyl groups is 1. The van der Waals surface area contributed by atoms with Gasteiger partial charge in [0.05, 0.1) is 0 Å². The van der Waals surface area contributed by atoms with Gasteiger partial charge in [0, 0.05) is 15.8 Å². The first kappa shape index (κ1) is 16.9. The molecule has 98 valence electrons. The van der Waals surface area contributed by atoms with Gasteiger partial charge in [0.15, 0.2) is 0 Å². The minimum absolute atomic E-state index is 0.0854. The SMILES string of the molecule is CC(C)(C)c1cc(S)c(O)c(CBr)c1.CCC. The summed E-state index contributed by atoms with van der Waals surface area (Å²) in [5.41, 5.74) is 2.17. The number of phenols is 1. The van der Waals surface area contributed by atoms with E-state index >= 15 is 0 Å². The zero-order chi connectivity index (χ0) is 13.6. The van der Waals surface area contributed by atoms with Gasteiger partial charge in [-0.1, -0.05) is 63.0 Å². The van der Waals surface area contributed by atoms with E-state index < -0.39 is 0 Å². The summed E-state index contributed by atoms with van der Waals surface area (Å²) in [4.78, 5) is 0.645. The summed E-state index contributed by atoms with van der Waals surface area (Å²) in [5, 5.41) is 10.3. The van der Waals surface area contributed by atoms with Crippen LogP contribution in [0, 0.1) is 0 Å². The van der Waals surface area contributed by atoms with Crippen molar-refractivity contribution in [3.63, 3.8) is 0 Å². The van der Waals surface area contributed by atoms with Crippen molar-refractivity contribution in [1.82, 2.24) is 0 Å². The minimum Gasteiger partial charge on any atom is -0.506 e. The van der Waals surface area contributed by atoms with Crippen LogP contribution >= 0.6 is 28.6 Å². The van der Waals surface area contributed by atoms with Gasteiger partial charge < -0.3 is 5.11 Å². The Hall–Kier alpha value is -0.150. The van der Waals surface area contributed by atoms with E-state index in [4.69, 9.17) is 0 Å². The molecule has 0 saturated heterocycles. The molecule has 3 heteroatoms. The molecule has 0 aliphatic rings. The van der Waals surface area contributed by atoms with Crippen LogP contribution in [0.25, 0.3) is 0 Å². The first-order chi connectivity index (χ1) is 7.77. The molecule has 0 heterocycles. The van der Waals surface area contributed by atoms with Gasteiger partial charge in [-0.05, 0) is 17.0 Å². The summed E-state index contributed by atoms with van der Waals surface area (Å²) < 4.78 is 0. The van der Waals surface area contributed by atoms with Crippen molar-refractivity contribution in [3.05, 3.63) is 23.3 Å². The van der Waals surface area contributed by atoms with Gasteiger partial charge >= 0.3 is 0 Å². The first-order valence-corrected chi connectivity index (χ1v) is 7.46. The lowest BCUT2D eigenvalue weighted by molar-refractivity contribution is 0.456. The summed E-state index contributed by atoms with van der Waals surface area (Å²) in [7, 11) is 0. The monoisotopic (exact) mass is 318 g/mol. The quantitative estimate of drug-likeness (QED) is 0.532. The van der Waals surface area contributed by atoms with E-state index in [0.717, 1.165) is 5.56 Å². The molecule has 0 spiro atoms. The Morgan fingerprint density at radius 1 is 1.24 bits per heavy atom. The molecule has 1 nitrogen and oxygen atoms in total. The normalized spacial score (nSPS) is 10.8. The van der Waals surface area contributed by atoms with E-state index in [2.05, 4.69) is 63.2 Å². The van der Waals surface area contributed by atoms with Crippen LogP contribution in [0.3, 0.4) is 0 Å². The highest BCUT2D eigenvalue weighted by molar-refractivity contribution is 9.08. The van der Waals surface area contributed by atoms with Gasteiger partial charge in [-0.15, -0.1) is 12.6 Å². The number of alkyl halides is 1. The summed E-state index contributed by atoms with van der Waals surface area (Å²) in [6.07, 6.45) is 1.25. The number of phenolic OH excluding ortho intramolecular Hbond substituents is 1. The molecule has 1 N–H and O–H groups in total. The molecule has 0 amide bonds. The highest BCUT2D eigenvalue weighted by Gasteiger charge is 2.17. The van der Waals surface area contributed by atoms with Crippen molar-refractivity contribution in [2.24, 2.45) is 0 Å². The largest absolute Gasteiger partial charge is 0.506 e. The predicted molar refractivity (Wildman–Crippen MR) is 82.7 cm³/mol. The molecule has 0 bridgehead atoms. The van der Waals surface area contributed by atoms with Crippen LogP contribution < -0.4 is 0 Å². The second-order valence-electron chi connectivity index (χ2n) is 5.09. The van der Waals surface area contributed by atoms with Crippen LogP contribution in [-0.2, 0) is 10.7 Å². The van der Waals surface area contributed by atoms with Crippen LogP contribution in [0.15, 0.2) is 17.0 Å². The third-order valence-corrected chi connectivity index (χ3v) is 3.12. The number of benzene rings is 1. The smallest absolute Gasteiger partial charge is 0.132 e. The van der Waals surface area contributed by atoms with Gasteiger partial charge in [-0.25, -0.2) is 0 Å². The molecule has 0 atom stereocenters. The Morgan fingerprint density at radius 2 is 1.71 bits per heavy atom. The first-order valence-electron chi connectivity index (χ1n) is 5.89. The van der Waals surface area contributed by atoms with Crippen molar-refractivity contribution in [3.8, 4) is 5.75 Å². The molecule has 0 unspecified atom stereocenters. The van der Waals surface area contributed by atoms with Crippen molar-refractivity contribution in [2.75, 3.05) is 0 Å². The number of hydrogen-bond donors (Lipinski definition) is 2. The topological polar surface area (TPSA) is 20.2 Å². The Morgan fingerprint density at radius 3 is 2.06 bits per heavy atom. The van der Waals surface area contributed by atoms with E-state index in [1.807, 2.05) is 12.1 Å². The third kappa shape index (κ3) is 5.35. The second-order valence-corrected chi connectivity index (χ2v) is 6.14. The fraction of sp³-hybridized carbons (Fsp3) is 0.571. The fourth-order valence-corrected chi connectivity index (χ4v) is 1.92. The molecule has 0 aliphatic heterocycles. The van der Waals surface area contributed by atoms with Gasteiger partial charge in [0.1, 0.15) is 5.75 Å². The lowest BCUT2D eigenvalue weighted by Crippen LogP contribution is -2.11. The van der Waals surface area contributed by atoms with Gasteiger partial charge in [0.25, 0.3) is 0 Å². The molecule has 0 fully saturated rings. The standard InChI is InChI=1S/C11H15BrOS.C3H8/c1-11(2,3)8-4-7(6-12)10(13)9(14)5-8;1-3-2/h4-5,13-14H,6H2,1-3H3;3H2,1-2H3. The van der Waals surface area contributed by atoms with E-state index in [0.29, 0.717) is 10.2 Å². The van der Waals surface area contributed by atoms with Gasteiger partial charge in [0.2, 0.25) is 0 Å². The van der Waals surface area contributed by atoms with Crippen LogP contribution in [0.1, 0.15) is 52.2 Å². The van der Waals surface area contributed by atoms with Crippen molar-refractivity contribution >= 4 is 28.6 Å². The molecule has 17 heavy (non-hydrogen) atoms. The minimum atomic E-state index is 0.0854. The molecule has 0 saturated carbocycles. The molecule has 1 rings (SSSR count). The number of thiol groups is 1. The van der Waals surface area contributed by atoms with Crippen LogP contribution in [0.2, 0.25) is 0 Å². The van der Waals surface area contributed by atoms with Gasteiger partial charge in [-0.3, -0.25) is 0 Å². The second kappa shape index (κ2) is 7.32. The third-order valence-electron chi connectivity index (χ3n) is 2.18. The molecule has 1 aromatic rings. The van der Waals surface area contributed by atoms with E-state index in [-0.39, 0.29) is 11.2 Å². The summed E-state index contributed by atoms with van der Waals surface area (Å²) in [6, 6.07) is 3.94. The Bertz CT molecular complexity index is 356. The average molecular weight is 319 g/mol. The van der Waals surface area contributed by atoms with E-state index in [9.17, 15) is 5.11 Å². The highest BCUT2D eigenvalue weighted by atomic mass is 79.9. The zero-order valence-corrected chi connectivity index (χ0v) is 13.8. The fourth-order valence-electron chi connectivity index (χ4n) is 1.21. The molecule has 0 aromatic heterocycles.